The third-order valence-electron chi connectivity index (χ3n) is 9.04. The molecule has 2 aromatic carbocycles. The van der Waals surface area contributed by atoms with Gasteiger partial charge in [0.05, 0.1) is 13.7 Å². The lowest BCUT2D eigenvalue weighted by atomic mass is 9.75. The maximum absolute atomic E-state index is 14.1. The molecule has 3 aliphatic rings. The predicted molar refractivity (Wildman–Crippen MR) is 149 cm³/mol. The SMILES string of the molecule is COC(=O)[C@@]1(Cc2ccc(F)cc2)[C@H]2c3cc(C(=O)N4CCCC4)n(CCO)c3C[C@H]2CN1C(=O)c1ccccc1. The van der Waals surface area contributed by atoms with Crippen molar-refractivity contribution in [1.82, 2.24) is 14.4 Å². The number of halogens is 1. The van der Waals surface area contributed by atoms with Crippen molar-refractivity contribution in [3.05, 3.63) is 94.6 Å². The molecule has 0 saturated carbocycles. The zero-order valence-electron chi connectivity index (χ0n) is 23.1. The molecule has 9 heteroatoms. The van der Waals surface area contributed by atoms with E-state index in [1.165, 1.54) is 19.2 Å². The third kappa shape index (κ3) is 4.43. The fraction of sp³-hybridized carbons (Fsp3) is 0.406. The number of aromatic nitrogens is 1. The smallest absolute Gasteiger partial charge is 0.332 e. The first-order chi connectivity index (χ1) is 19.9. The lowest BCUT2D eigenvalue weighted by Crippen LogP contribution is -2.58. The largest absolute Gasteiger partial charge is 0.467 e. The Morgan fingerprint density at radius 3 is 2.39 bits per heavy atom. The molecule has 1 aromatic heterocycles. The molecule has 41 heavy (non-hydrogen) atoms. The summed E-state index contributed by atoms with van der Waals surface area (Å²) in [7, 11) is 1.32. The number of nitrogens with zero attached hydrogens (tertiary/aromatic N) is 3. The van der Waals surface area contributed by atoms with Gasteiger partial charge in [0.2, 0.25) is 0 Å². The van der Waals surface area contributed by atoms with Crippen LogP contribution in [0.1, 0.15) is 56.4 Å². The molecular weight excluding hydrogens is 525 g/mol. The first-order valence-electron chi connectivity index (χ1n) is 14.2. The molecule has 2 fully saturated rings. The number of aliphatic hydroxyl groups excluding tert-OH is 1. The Morgan fingerprint density at radius 2 is 1.73 bits per heavy atom. The van der Waals surface area contributed by atoms with Gasteiger partial charge in [-0.3, -0.25) is 9.59 Å². The second kappa shape index (κ2) is 10.8. The summed E-state index contributed by atoms with van der Waals surface area (Å²) in [6.07, 6.45) is 2.58. The minimum absolute atomic E-state index is 0.0840. The van der Waals surface area contributed by atoms with Crippen molar-refractivity contribution in [2.45, 2.75) is 43.7 Å². The number of hydrogen-bond acceptors (Lipinski definition) is 5. The maximum atomic E-state index is 14.1. The molecule has 3 aromatic rings. The van der Waals surface area contributed by atoms with E-state index in [-0.39, 0.29) is 37.3 Å². The van der Waals surface area contributed by atoms with Crippen LogP contribution >= 0.6 is 0 Å². The Labute approximate surface area is 238 Å². The Kier molecular flexibility index (Phi) is 7.15. The van der Waals surface area contributed by atoms with Gasteiger partial charge in [-0.1, -0.05) is 30.3 Å². The fourth-order valence-electron chi connectivity index (χ4n) is 7.33. The van der Waals surface area contributed by atoms with E-state index in [4.69, 9.17) is 4.74 Å². The minimum Gasteiger partial charge on any atom is -0.467 e. The maximum Gasteiger partial charge on any atom is 0.332 e. The monoisotopic (exact) mass is 559 g/mol. The summed E-state index contributed by atoms with van der Waals surface area (Å²) in [6, 6.07) is 16.7. The molecule has 6 rings (SSSR count). The van der Waals surface area contributed by atoms with Gasteiger partial charge in [-0.05, 0) is 66.6 Å². The van der Waals surface area contributed by atoms with E-state index in [9.17, 15) is 23.9 Å². The Bertz CT molecular complexity index is 1460. The number of aliphatic hydroxyl groups is 1. The van der Waals surface area contributed by atoms with Gasteiger partial charge in [-0.25, -0.2) is 9.18 Å². The van der Waals surface area contributed by atoms with E-state index < -0.39 is 23.2 Å². The van der Waals surface area contributed by atoms with Crippen LogP contribution in [0.3, 0.4) is 0 Å². The highest BCUT2D eigenvalue weighted by Crippen LogP contribution is 2.55. The molecule has 8 nitrogen and oxygen atoms in total. The summed E-state index contributed by atoms with van der Waals surface area (Å²) >= 11 is 0. The van der Waals surface area contributed by atoms with Gasteiger partial charge in [0, 0.05) is 49.8 Å². The number of amides is 2. The summed E-state index contributed by atoms with van der Waals surface area (Å²) in [5, 5.41) is 9.93. The topological polar surface area (TPSA) is 92.1 Å². The van der Waals surface area contributed by atoms with E-state index in [1.54, 1.807) is 41.3 Å². The standard InChI is InChI=1S/C32H34FN3O5/c1-41-31(40)32(19-21-9-11-24(33)12-10-21)28-23(20-36(32)29(38)22-7-3-2-4-8-22)17-26-25(28)18-27(35(26)15-16-37)30(39)34-13-5-6-14-34/h2-4,7-12,18,23,28,37H,5-6,13-17,19-20H2,1H3/t23-,28+,32+/m0/s1. The van der Waals surface area contributed by atoms with Crippen molar-refractivity contribution >= 4 is 17.8 Å². The first kappa shape index (κ1) is 27.2. The number of ether oxygens (including phenoxy) is 1. The van der Waals surface area contributed by atoms with E-state index in [0.717, 1.165) is 24.1 Å². The summed E-state index contributed by atoms with van der Waals surface area (Å²) in [4.78, 5) is 45.2. The number of likely N-dealkylation sites (tertiary alicyclic amines) is 2. The van der Waals surface area contributed by atoms with E-state index in [1.807, 2.05) is 21.6 Å². The number of methoxy groups -OCH3 is 1. The molecule has 1 N–H and O–H groups in total. The Morgan fingerprint density at radius 1 is 1.02 bits per heavy atom. The normalized spacial score (nSPS) is 23.0. The highest BCUT2D eigenvalue weighted by atomic mass is 19.1. The highest BCUT2D eigenvalue weighted by Gasteiger charge is 2.64. The number of benzene rings is 2. The van der Waals surface area contributed by atoms with E-state index in [0.29, 0.717) is 42.9 Å². The van der Waals surface area contributed by atoms with Crippen LogP contribution in [0.2, 0.25) is 0 Å². The van der Waals surface area contributed by atoms with Crippen LogP contribution in [0.5, 0.6) is 0 Å². The summed E-state index contributed by atoms with van der Waals surface area (Å²) in [6.45, 7) is 1.83. The number of carbonyl (C=O) groups is 3. The first-order valence-corrected chi connectivity index (χ1v) is 14.2. The summed E-state index contributed by atoms with van der Waals surface area (Å²) in [5.41, 5.74) is 1.98. The lowest BCUT2D eigenvalue weighted by Gasteiger charge is -2.40. The zero-order valence-corrected chi connectivity index (χ0v) is 23.1. The molecule has 0 bridgehead atoms. The van der Waals surface area contributed by atoms with Crippen LogP contribution < -0.4 is 0 Å². The molecule has 2 amide bonds. The van der Waals surface area contributed by atoms with Crippen LogP contribution in [0.15, 0.2) is 60.7 Å². The fourth-order valence-corrected chi connectivity index (χ4v) is 7.33. The molecule has 2 aliphatic heterocycles. The summed E-state index contributed by atoms with van der Waals surface area (Å²) in [5.74, 6) is -1.86. The van der Waals surface area contributed by atoms with Crippen molar-refractivity contribution in [3.63, 3.8) is 0 Å². The number of rotatable bonds is 7. The van der Waals surface area contributed by atoms with Gasteiger partial charge < -0.3 is 24.2 Å². The number of carbonyl (C=O) groups excluding carboxylic acids is 3. The second-order valence-corrected chi connectivity index (χ2v) is 11.2. The minimum atomic E-state index is -1.42. The van der Waals surface area contributed by atoms with Crippen molar-refractivity contribution in [3.8, 4) is 0 Å². The second-order valence-electron chi connectivity index (χ2n) is 11.2. The molecule has 3 atom stereocenters. The third-order valence-corrected chi connectivity index (χ3v) is 9.04. The average Bonchev–Trinajstić information content (AvgIpc) is 3.77. The van der Waals surface area contributed by atoms with Crippen LogP contribution in [0.25, 0.3) is 0 Å². The Hall–Kier alpha value is -3.98. The quantitative estimate of drug-likeness (QED) is 0.448. The number of esters is 1. The molecule has 1 aliphatic carbocycles. The van der Waals surface area contributed by atoms with Gasteiger partial charge >= 0.3 is 5.97 Å². The molecule has 3 heterocycles. The van der Waals surface area contributed by atoms with Gasteiger partial charge in [0.25, 0.3) is 11.8 Å². The zero-order chi connectivity index (χ0) is 28.7. The van der Waals surface area contributed by atoms with Crippen LogP contribution in [-0.2, 0) is 28.9 Å². The van der Waals surface area contributed by atoms with Crippen molar-refractivity contribution in [2.75, 3.05) is 33.4 Å². The Balaban J connectivity index is 1.51. The van der Waals surface area contributed by atoms with Crippen molar-refractivity contribution in [2.24, 2.45) is 5.92 Å². The molecular formula is C32H34FN3O5. The molecule has 0 unspecified atom stereocenters. The highest BCUT2D eigenvalue weighted by molar-refractivity contribution is 6.00. The molecule has 0 spiro atoms. The molecule has 2 saturated heterocycles. The predicted octanol–water partition coefficient (Wildman–Crippen LogP) is 3.42. The van der Waals surface area contributed by atoms with Crippen LogP contribution in [0.4, 0.5) is 4.39 Å². The number of fused-ring (bicyclic) bond motifs is 3. The van der Waals surface area contributed by atoms with Crippen molar-refractivity contribution < 1.29 is 28.6 Å². The van der Waals surface area contributed by atoms with Crippen molar-refractivity contribution in [1.29, 1.82) is 0 Å². The summed E-state index contributed by atoms with van der Waals surface area (Å²) < 4.78 is 21.2. The van der Waals surface area contributed by atoms with Gasteiger partial charge in [-0.15, -0.1) is 0 Å². The van der Waals surface area contributed by atoms with Crippen LogP contribution in [0, 0.1) is 11.7 Å². The van der Waals surface area contributed by atoms with E-state index >= 15 is 0 Å². The number of hydrogen-bond donors (Lipinski definition) is 1. The molecule has 0 radical (unpaired) electrons. The molecule has 214 valence electrons. The van der Waals surface area contributed by atoms with Gasteiger partial charge in [0.15, 0.2) is 5.54 Å². The van der Waals surface area contributed by atoms with Crippen LogP contribution in [-0.4, -0.2) is 76.1 Å². The van der Waals surface area contributed by atoms with E-state index in [2.05, 4.69) is 0 Å². The van der Waals surface area contributed by atoms with Gasteiger partial charge in [0.1, 0.15) is 11.5 Å². The van der Waals surface area contributed by atoms with Gasteiger partial charge in [-0.2, -0.15) is 0 Å². The lowest BCUT2D eigenvalue weighted by molar-refractivity contribution is -0.153. The average molecular weight is 560 g/mol.